The van der Waals surface area contributed by atoms with Gasteiger partial charge in [-0.05, 0) is 63.0 Å². The van der Waals surface area contributed by atoms with E-state index in [2.05, 4.69) is 38.1 Å². The molecular weight excluding hydrogens is 348 g/mol. The molecule has 0 amide bonds. The van der Waals surface area contributed by atoms with E-state index >= 15 is 0 Å². The van der Waals surface area contributed by atoms with Crippen molar-refractivity contribution in [2.75, 3.05) is 6.61 Å². The molecule has 0 aromatic heterocycles. The van der Waals surface area contributed by atoms with Gasteiger partial charge in [0.15, 0.2) is 0 Å². The highest BCUT2D eigenvalue weighted by Crippen LogP contribution is 2.52. The van der Waals surface area contributed by atoms with Gasteiger partial charge in [-0.1, -0.05) is 31.2 Å². The SMILES string of the molecule is CCC(S)[Si]1(OC2(Cc3ccccc3C)CC2)OCCCC2(CC2)O1. The number of hydrogen-bond donors (Lipinski definition) is 1. The summed E-state index contributed by atoms with van der Waals surface area (Å²) in [6.07, 6.45) is 8.57. The van der Waals surface area contributed by atoms with Crippen LogP contribution in [0.5, 0.6) is 0 Å². The minimum absolute atomic E-state index is 0.0393. The van der Waals surface area contributed by atoms with Crippen molar-refractivity contribution in [2.24, 2.45) is 0 Å². The maximum atomic E-state index is 6.86. The van der Waals surface area contributed by atoms with Crippen LogP contribution in [0.4, 0.5) is 0 Å². The highest BCUT2D eigenvalue weighted by Gasteiger charge is 2.63. The molecule has 3 fully saturated rings. The zero-order valence-corrected chi connectivity index (χ0v) is 17.3. The second kappa shape index (κ2) is 6.68. The van der Waals surface area contributed by atoms with Gasteiger partial charge in [-0.15, -0.1) is 0 Å². The molecule has 4 rings (SSSR count). The van der Waals surface area contributed by atoms with Gasteiger partial charge in [-0.3, -0.25) is 0 Å². The van der Waals surface area contributed by atoms with Gasteiger partial charge in [0.25, 0.3) is 0 Å². The van der Waals surface area contributed by atoms with Gasteiger partial charge in [-0.2, -0.15) is 12.6 Å². The summed E-state index contributed by atoms with van der Waals surface area (Å²) in [5, 5.41) is 0. The van der Waals surface area contributed by atoms with Gasteiger partial charge in [0, 0.05) is 13.0 Å². The largest absolute Gasteiger partial charge is 0.515 e. The summed E-state index contributed by atoms with van der Waals surface area (Å²) in [4.78, 5) is 0.0671. The van der Waals surface area contributed by atoms with Crippen molar-refractivity contribution in [3.8, 4) is 0 Å². The molecule has 2 aliphatic carbocycles. The van der Waals surface area contributed by atoms with Crippen molar-refractivity contribution in [1.29, 1.82) is 0 Å². The molecule has 1 aromatic carbocycles. The Hall–Kier alpha value is -0.333. The summed E-state index contributed by atoms with van der Waals surface area (Å²) < 4.78 is 20.0. The third kappa shape index (κ3) is 3.72. The van der Waals surface area contributed by atoms with E-state index < -0.39 is 8.80 Å². The molecule has 1 saturated heterocycles. The number of thiol groups is 1. The van der Waals surface area contributed by atoms with Crippen LogP contribution in [-0.2, 0) is 19.7 Å². The molecule has 0 radical (unpaired) electrons. The highest BCUT2D eigenvalue weighted by molar-refractivity contribution is 7.83. The van der Waals surface area contributed by atoms with Gasteiger partial charge in [0.05, 0.1) is 16.1 Å². The van der Waals surface area contributed by atoms with Crippen molar-refractivity contribution in [1.82, 2.24) is 0 Å². The van der Waals surface area contributed by atoms with Crippen molar-refractivity contribution < 1.29 is 13.3 Å². The van der Waals surface area contributed by atoms with Crippen LogP contribution in [0.1, 0.15) is 63.0 Å². The molecule has 3 aliphatic rings. The zero-order valence-electron chi connectivity index (χ0n) is 15.4. The summed E-state index contributed by atoms with van der Waals surface area (Å²) >= 11 is 4.89. The monoisotopic (exact) mass is 378 g/mol. The molecule has 25 heavy (non-hydrogen) atoms. The van der Waals surface area contributed by atoms with E-state index in [4.69, 9.17) is 25.9 Å². The normalized spacial score (nSPS) is 30.7. The van der Waals surface area contributed by atoms with Crippen molar-refractivity contribution in [2.45, 2.75) is 81.3 Å². The minimum atomic E-state index is -2.79. The Balaban J connectivity index is 1.57. The molecular formula is C20H30O3SSi. The standard InChI is InChI=1S/C20H30O3SSi/c1-3-18(24)25(21-14-6-9-19(22-25)10-11-19)23-20(12-13-20)15-17-8-5-4-7-16(17)2/h4-5,7-8,18,24H,3,6,9-15H2,1-2H3. The van der Waals surface area contributed by atoms with Crippen molar-refractivity contribution >= 4 is 21.4 Å². The Morgan fingerprint density at radius 3 is 2.60 bits per heavy atom. The van der Waals surface area contributed by atoms with E-state index in [1.165, 1.54) is 11.1 Å². The molecule has 1 aliphatic heterocycles. The van der Waals surface area contributed by atoms with Gasteiger partial charge >= 0.3 is 8.80 Å². The predicted octanol–water partition coefficient (Wildman–Crippen LogP) is 4.63. The summed E-state index contributed by atoms with van der Waals surface area (Å²) in [6, 6.07) is 8.63. The zero-order chi connectivity index (χ0) is 17.5. The van der Waals surface area contributed by atoms with Gasteiger partial charge in [0.2, 0.25) is 0 Å². The first kappa shape index (κ1) is 18.0. The van der Waals surface area contributed by atoms with Gasteiger partial charge in [-0.25, -0.2) is 0 Å². The molecule has 0 bridgehead atoms. The lowest BCUT2D eigenvalue weighted by Crippen LogP contribution is -2.58. The van der Waals surface area contributed by atoms with E-state index in [0.29, 0.717) is 0 Å². The molecule has 3 nitrogen and oxygen atoms in total. The predicted molar refractivity (Wildman–Crippen MR) is 105 cm³/mol. The maximum Gasteiger partial charge on any atom is 0.515 e. The average Bonchev–Trinajstić information content (AvgIpc) is 3.52. The highest BCUT2D eigenvalue weighted by atomic mass is 32.1. The van der Waals surface area contributed by atoms with Gasteiger partial charge in [0.1, 0.15) is 0 Å². The Morgan fingerprint density at radius 2 is 1.96 bits per heavy atom. The third-order valence-corrected chi connectivity index (χ3v) is 10.6. The number of aryl methyl sites for hydroxylation is 1. The van der Waals surface area contributed by atoms with E-state index in [1.807, 2.05) is 0 Å². The topological polar surface area (TPSA) is 27.7 Å². The molecule has 138 valence electrons. The van der Waals surface area contributed by atoms with Crippen LogP contribution in [0.15, 0.2) is 24.3 Å². The molecule has 2 atom stereocenters. The number of hydrogen-bond acceptors (Lipinski definition) is 4. The first-order chi connectivity index (χ1) is 12.0. The summed E-state index contributed by atoms with van der Waals surface area (Å²) in [7, 11) is -2.79. The van der Waals surface area contributed by atoms with Crippen LogP contribution in [0, 0.1) is 6.92 Å². The minimum Gasteiger partial charge on any atom is -0.373 e. The fraction of sp³-hybridized carbons (Fsp3) is 0.700. The van der Waals surface area contributed by atoms with Crippen LogP contribution in [0.2, 0.25) is 0 Å². The fourth-order valence-corrected chi connectivity index (χ4v) is 7.81. The van der Waals surface area contributed by atoms with Crippen molar-refractivity contribution in [3.05, 3.63) is 35.4 Å². The van der Waals surface area contributed by atoms with Crippen molar-refractivity contribution in [3.63, 3.8) is 0 Å². The van der Waals surface area contributed by atoms with Crippen LogP contribution >= 0.6 is 12.6 Å². The van der Waals surface area contributed by atoms with Crippen LogP contribution in [0.25, 0.3) is 0 Å². The summed E-state index contributed by atoms with van der Waals surface area (Å²) in [5.41, 5.74) is 2.66. The second-order valence-electron chi connectivity index (χ2n) is 8.15. The summed E-state index contributed by atoms with van der Waals surface area (Å²) in [6.45, 7) is 5.10. The molecule has 5 heteroatoms. The third-order valence-electron chi connectivity index (χ3n) is 5.98. The first-order valence-corrected chi connectivity index (χ1v) is 12.1. The number of benzene rings is 1. The van der Waals surface area contributed by atoms with E-state index in [0.717, 1.165) is 58.0 Å². The lowest BCUT2D eigenvalue weighted by atomic mass is 10.0. The Bertz CT molecular complexity index is 629. The lowest BCUT2D eigenvalue weighted by Gasteiger charge is -2.38. The van der Waals surface area contributed by atoms with Crippen LogP contribution in [0.3, 0.4) is 0 Å². The Kier molecular flexibility index (Phi) is 4.82. The molecule has 1 aromatic rings. The molecule has 2 unspecified atom stereocenters. The van der Waals surface area contributed by atoms with E-state index in [9.17, 15) is 0 Å². The van der Waals surface area contributed by atoms with E-state index in [-0.39, 0.29) is 16.1 Å². The fourth-order valence-electron chi connectivity index (χ4n) is 3.93. The van der Waals surface area contributed by atoms with Crippen LogP contribution < -0.4 is 0 Å². The van der Waals surface area contributed by atoms with E-state index in [1.54, 1.807) is 0 Å². The van der Waals surface area contributed by atoms with Crippen LogP contribution in [-0.4, -0.2) is 31.5 Å². The molecule has 2 saturated carbocycles. The quantitative estimate of drug-likeness (QED) is 0.577. The first-order valence-electron chi connectivity index (χ1n) is 9.77. The lowest BCUT2D eigenvalue weighted by molar-refractivity contribution is -0.00192. The molecule has 0 N–H and O–H groups in total. The number of rotatable bonds is 6. The summed E-state index contributed by atoms with van der Waals surface area (Å²) in [5.74, 6) is 0. The smallest absolute Gasteiger partial charge is 0.373 e. The van der Waals surface area contributed by atoms with Gasteiger partial charge < -0.3 is 13.3 Å². The maximum absolute atomic E-state index is 6.86. The molecule has 1 heterocycles. The Morgan fingerprint density at radius 1 is 1.20 bits per heavy atom. The molecule has 1 spiro atoms. The Labute approximate surface area is 158 Å². The second-order valence-corrected chi connectivity index (χ2v) is 11.9. The average molecular weight is 379 g/mol.